The zero-order valence-corrected chi connectivity index (χ0v) is 8.20. The molecule has 0 unspecified atom stereocenters. The smallest absolute Gasteiger partial charge is 0.115 e. The third-order valence-corrected chi connectivity index (χ3v) is 1.69. The lowest BCUT2D eigenvalue weighted by atomic mass is 10.4. The lowest BCUT2D eigenvalue weighted by molar-refractivity contribution is 0.399. The van der Waals surface area contributed by atoms with Crippen molar-refractivity contribution in [1.29, 1.82) is 0 Å². The first kappa shape index (κ1) is 10.1. The summed E-state index contributed by atoms with van der Waals surface area (Å²) in [6, 6.07) is 1.92. The lowest BCUT2D eigenvalue weighted by Crippen LogP contribution is -2.26. The van der Waals surface area contributed by atoms with E-state index in [1.165, 1.54) is 0 Å². The normalized spacial score (nSPS) is 10.7. The molecule has 72 valence electrons. The first-order valence-corrected chi connectivity index (χ1v) is 4.39. The molecule has 0 amide bonds. The molecule has 0 fully saturated rings. The van der Waals surface area contributed by atoms with E-state index < -0.39 is 0 Å². The molecule has 13 heavy (non-hydrogen) atoms. The Bertz CT molecular complexity index is 222. The second-order valence-corrected chi connectivity index (χ2v) is 3.18. The fourth-order valence-corrected chi connectivity index (χ4v) is 0.942. The highest BCUT2D eigenvalue weighted by Crippen LogP contribution is 1.88. The fraction of sp³-hybridized carbons (Fsp3) is 0.556. The summed E-state index contributed by atoms with van der Waals surface area (Å²) < 4.78 is 0. The van der Waals surface area contributed by atoms with Gasteiger partial charge in [-0.3, -0.25) is 0 Å². The summed E-state index contributed by atoms with van der Waals surface area (Å²) in [6.07, 6.45) is 3.33. The predicted molar refractivity (Wildman–Crippen MR) is 52.3 cm³/mol. The highest BCUT2D eigenvalue weighted by molar-refractivity contribution is 4.96. The molecule has 4 nitrogen and oxygen atoms in total. The van der Waals surface area contributed by atoms with Crippen LogP contribution < -0.4 is 5.32 Å². The monoisotopic (exact) mass is 180 g/mol. The van der Waals surface area contributed by atoms with E-state index in [4.69, 9.17) is 0 Å². The van der Waals surface area contributed by atoms with Crippen LogP contribution in [0.3, 0.4) is 0 Å². The summed E-state index contributed by atoms with van der Waals surface area (Å²) in [7, 11) is 4.12. The van der Waals surface area contributed by atoms with Gasteiger partial charge in [-0.05, 0) is 20.2 Å². The first-order valence-electron chi connectivity index (χ1n) is 4.39. The third-order valence-electron chi connectivity index (χ3n) is 1.69. The van der Waals surface area contributed by atoms with Gasteiger partial charge >= 0.3 is 0 Å². The maximum absolute atomic E-state index is 4.11. The molecular weight excluding hydrogens is 164 g/mol. The summed E-state index contributed by atoms with van der Waals surface area (Å²) >= 11 is 0. The van der Waals surface area contributed by atoms with Gasteiger partial charge in [0.25, 0.3) is 0 Å². The van der Waals surface area contributed by atoms with Crippen molar-refractivity contribution < 1.29 is 0 Å². The number of hydrogen-bond donors (Lipinski definition) is 1. The molecule has 1 aromatic heterocycles. The minimum Gasteiger partial charge on any atom is -0.310 e. The fourth-order valence-electron chi connectivity index (χ4n) is 0.942. The van der Waals surface area contributed by atoms with Crippen LogP contribution in [0.15, 0.2) is 18.6 Å². The maximum atomic E-state index is 4.11. The molecule has 1 heterocycles. The van der Waals surface area contributed by atoms with E-state index in [1.54, 1.807) is 12.5 Å². The van der Waals surface area contributed by atoms with Crippen LogP contribution in [-0.4, -0.2) is 42.1 Å². The van der Waals surface area contributed by atoms with E-state index in [0.29, 0.717) is 0 Å². The Hall–Kier alpha value is -1.00. The van der Waals surface area contributed by atoms with Gasteiger partial charge in [-0.2, -0.15) is 0 Å². The number of hydrogen-bond acceptors (Lipinski definition) is 4. The van der Waals surface area contributed by atoms with E-state index in [-0.39, 0.29) is 0 Å². The van der Waals surface area contributed by atoms with Gasteiger partial charge in [0, 0.05) is 25.8 Å². The maximum Gasteiger partial charge on any atom is 0.115 e. The van der Waals surface area contributed by atoms with Crippen molar-refractivity contribution in [3.8, 4) is 0 Å². The summed E-state index contributed by atoms with van der Waals surface area (Å²) in [6.45, 7) is 2.85. The van der Waals surface area contributed by atoms with Gasteiger partial charge in [0.1, 0.15) is 6.33 Å². The number of rotatable bonds is 5. The summed E-state index contributed by atoms with van der Waals surface area (Å²) in [5.41, 5.74) is 1.04. The minimum atomic E-state index is 0.816. The molecular formula is C9H16N4. The van der Waals surface area contributed by atoms with Crippen LogP contribution in [0.4, 0.5) is 0 Å². The summed E-state index contributed by atoms with van der Waals surface area (Å²) in [5, 5.41) is 3.30. The molecule has 0 aromatic carbocycles. The zero-order chi connectivity index (χ0) is 9.52. The van der Waals surface area contributed by atoms with Crippen LogP contribution in [0.25, 0.3) is 0 Å². The van der Waals surface area contributed by atoms with Crippen LogP contribution >= 0.6 is 0 Å². The molecule has 0 saturated heterocycles. The van der Waals surface area contributed by atoms with Crippen molar-refractivity contribution in [2.75, 3.05) is 27.2 Å². The molecule has 0 saturated carbocycles. The Balaban J connectivity index is 2.13. The Labute approximate surface area is 79.0 Å². The number of nitrogens with zero attached hydrogens (tertiary/aromatic N) is 3. The van der Waals surface area contributed by atoms with Crippen LogP contribution in [0, 0.1) is 0 Å². The summed E-state index contributed by atoms with van der Waals surface area (Å²) in [4.78, 5) is 10.1. The average Bonchev–Trinajstić information content (AvgIpc) is 2.14. The molecule has 1 rings (SSSR count). The zero-order valence-electron chi connectivity index (χ0n) is 8.20. The van der Waals surface area contributed by atoms with E-state index in [9.17, 15) is 0 Å². The van der Waals surface area contributed by atoms with Gasteiger partial charge in [-0.1, -0.05) is 0 Å². The van der Waals surface area contributed by atoms with E-state index >= 15 is 0 Å². The Kier molecular flexibility index (Phi) is 4.35. The largest absolute Gasteiger partial charge is 0.310 e. The number of likely N-dealkylation sites (N-methyl/N-ethyl adjacent to an activating group) is 1. The van der Waals surface area contributed by atoms with Gasteiger partial charge in [-0.15, -0.1) is 0 Å². The van der Waals surface area contributed by atoms with Crippen molar-refractivity contribution in [3.63, 3.8) is 0 Å². The van der Waals surface area contributed by atoms with Gasteiger partial charge in [-0.25, -0.2) is 9.97 Å². The van der Waals surface area contributed by atoms with Crippen molar-refractivity contribution in [1.82, 2.24) is 20.2 Å². The van der Waals surface area contributed by atoms with Crippen molar-refractivity contribution in [3.05, 3.63) is 24.3 Å². The second kappa shape index (κ2) is 5.61. The SMILES string of the molecule is CN(C)CCNCc1ccncn1. The lowest BCUT2D eigenvalue weighted by Gasteiger charge is -2.09. The number of aromatic nitrogens is 2. The second-order valence-electron chi connectivity index (χ2n) is 3.18. The highest BCUT2D eigenvalue weighted by Gasteiger charge is 1.92. The predicted octanol–water partition coefficient (Wildman–Crippen LogP) is 0.128. The molecule has 0 aliphatic carbocycles. The molecule has 0 radical (unpaired) electrons. The van der Waals surface area contributed by atoms with Crippen LogP contribution in [0.5, 0.6) is 0 Å². The van der Waals surface area contributed by atoms with Crippen molar-refractivity contribution in [2.24, 2.45) is 0 Å². The van der Waals surface area contributed by atoms with Crippen LogP contribution in [0.2, 0.25) is 0 Å². The van der Waals surface area contributed by atoms with Gasteiger partial charge < -0.3 is 10.2 Å². The van der Waals surface area contributed by atoms with Gasteiger partial charge in [0.05, 0.1) is 5.69 Å². The Morgan fingerprint density at radius 2 is 2.31 bits per heavy atom. The molecule has 0 spiro atoms. The van der Waals surface area contributed by atoms with Crippen LogP contribution in [0.1, 0.15) is 5.69 Å². The van der Waals surface area contributed by atoms with E-state index in [2.05, 4.69) is 34.3 Å². The van der Waals surface area contributed by atoms with E-state index in [0.717, 1.165) is 25.3 Å². The first-order chi connectivity index (χ1) is 6.29. The molecule has 0 aliphatic rings. The molecule has 1 N–H and O–H groups in total. The molecule has 1 aromatic rings. The number of nitrogens with one attached hydrogen (secondary N) is 1. The summed E-state index contributed by atoms with van der Waals surface area (Å²) in [5.74, 6) is 0. The molecule has 0 bridgehead atoms. The van der Waals surface area contributed by atoms with Crippen molar-refractivity contribution in [2.45, 2.75) is 6.54 Å². The molecule has 0 atom stereocenters. The van der Waals surface area contributed by atoms with Crippen molar-refractivity contribution >= 4 is 0 Å². The topological polar surface area (TPSA) is 41.0 Å². The molecule has 0 aliphatic heterocycles. The third kappa shape index (κ3) is 4.55. The van der Waals surface area contributed by atoms with E-state index in [1.807, 2.05) is 6.07 Å². The molecule has 4 heteroatoms. The average molecular weight is 180 g/mol. The Morgan fingerprint density at radius 1 is 1.46 bits per heavy atom. The quantitative estimate of drug-likeness (QED) is 0.654. The Morgan fingerprint density at radius 3 is 2.92 bits per heavy atom. The minimum absolute atomic E-state index is 0.816. The van der Waals surface area contributed by atoms with Gasteiger partial charge in [0.2, 0.25) is 0 Å². The highest BCUT2D eigenvalue weighted by atomic mass is 15.1. The van der Waals surface area contributed by atoms with Gasteiger partial charge in [0.15, 0.2) is 0 Å². The van der Waals surface area contributed by atoms with Crippen LogP contribution in [-0.2, 0) is 6.54 Å². The standard InChI is InChI=1S/C9H16N4/c1-13(2)6-5-10-7-9-3-4-11-8-12-9/h3-4,8,10H,5-7H2,1-2H3.